The van der Waals surface area contributed by atoms with E-state index in [-0.39, 0.29) is 24.0 Å². The molecule has 4 aliphatic heterocycles. The van der Waals surface area contributed by atoms with Crippen molar-refractivity contribution in [3.8, 4) is 0 Å². The Hall–Kier alpha value is -2.94. The van der Waals surface area contributed by atoms with Gasteiger partial charge in [-0.05, 0) is 24.1 Å². The van der Waals surface area contributed by atoms with Gasteiger partial charge in [0, 0.05) is 38.9 Å². The number of amides is 1. The molecule has 30 heavy (non-hydrogen) atoms. The highest BCUT2D eigenvalue weighted by Gasteiger charge is 2.45. The third-order valence-electron chi connectivity index (χ3n) is 6.18. The highest BCUT2D eigenvalue weighted by Crippen LogP contribution is 2.35. The number of hydrogen-bond donors (Lipinski definition) is 3. The summed E-state index contributed by atoms with van der Waals surface area (Å²) < 4.78 is 0. The Balaban J connectivity index is 1.32. The zero-order chi connectivity index (χ0) is 20.7. The molecule has 4 aliphatic rings. The smallest absolute Gasteiger partial charge is 0.267 e. The van der Waals surface area contributed by atoms with Crippen LogP contribution in [0.3, 0.4) is 0 Å². The molecule has 1 amide bonds. The lowest BCUT2D eigenvalue weighted by Crippen LogP contribution is -2.56. The number of nitrogens with one attached hydrogen (secondary N) is 3. The summed E-state index contributed by atoms with van der Waals surface area (Å²) in [6.45, 7) is 8.97. The second-order valence-corrected chi connectivity index (χ2v) is 8.47. The standard InChI is InChI=1S/C21H28N8O/c1-13(2)17-12-24-20(30)16-9-14-10-25-21(27-19(14)29(16)17)26-18-4-3-15(11-23-18)28-7-5-22-6-8-28/h3-4,9-11,13-14,17,19,22H,5-8,12H2,1-2H3,(H,24,30)(H,23,26,27). The van der Waals surface area contributed by atoms with Crippen LogP contribution in [0.15, 0.2) is 40.1 Å². The maximum atomic E-state index is 12.4. The molecule has 0 bridgehead atoms. The van der Waals surface area contributed by atoms with Gasteiger partial charge in [-0.1, -0.05) is 13.8 Å². The molecule has 1 aromatic rings. The van der Waals surface area contributed by atoms with Crippen molar-refractivity contribution < 1.29 is 4.79 Å². The quantitative estimate of drug-likeness (QED) is 0.679. The van der Waals surface area contributed by atoms with Crippen molar-refractivity contribution in [2.75, 3.05) is 42.9 Å². The predicted octanol–water partition coefficient (Wildman–Crippen LogP) is 0.640. The number of carbonyl (C=O) groups is 1. The Morgan fingerprint density at radius 2 is 2.07 bits per heavy atom. The summed E-state index contributed by atoms with van der Waals surface area (Å²) in [5, 5.41) is 9.60. The molecule has 3 N–H and O–H groups in total. The molecule has 3 atom stereocenters. The molecule has 2 fully saturated rings. The molecule has 0 spiro atoms. The number of guanidine groups is 1. The summed E-state index contributed by atoms with van der Waals surface area (Å²) >= 11 is 0. The minimum absolute atomic E-state index is 0.0127. The molecular formula is C21H28N8O. The van der Waals surface area contributed by atoms with E-state index in [1.165, 1.54) is 0 Å². The molecule has 0 radical (unpaired) electrons. The first-order valence-electron chi connectivity index (χ1n) is 10.7. The molecule has 3 unspecified atom stereocenters. The van der Waals surface area contributed by atoms with E-state index in [9.17, 15) is 4.79 Å². The van der Waals surface area contributed by atoms with E-state index in [1.54, 1.807) is 0 Å². The van der Waals surface area contributed by atoms with E-state index in [1.807, 2.05) is 24.6 Å². The van der Waals surface area contributed by atoms with Gasteiger partial charge in [0.05, 0.1) is 23.8 Å². The fraction of sp³-hybridized carbons (Fsp3) is 0.524. The zero-order valence-corrected chi connectivity index (χ0v) is 17.4. The molecule has 0 aliphatic carbocycles. The number of carbonyl (C=O) groups excluding carboxylic acids is 1. The topological polar surface area (TPSA) is 97.2 Å². The zero-order valence-electron chi connectivity index (χ0n) is 17.4. The molecule has 1 aromatic heterocycles. The molecular weight excluding hydrogens is 380 g/mol. The average Bonchev–Trinajstić information content (AvgIpc) is 3.15. The van der Waals surface area contributed by atoms with Crippen molar-refractivity contribution in [2.45, 2.75) is 26.1 Å². The van der Waals surface area contributed by atoms with E-state index in [0.717, 1.165) is 31.9 Å². The van der Waals surface area contributed by atoms with Gasteiger partial charge in [-0.3, -0.25) is 4.79 Å². The normalized spacial score (nSPS) is 28.0. The molecule has 5 heterocycles. The number of fused-ring (bicyclic) bond motifs is 3. The lowest BCUT2D eigenvalue weighted by Gasteiger charge is -2.42. The SMILES string of the molecule is CC(C)C1CNC(=O)C2=CC3C=NC(Nc4ccc(N5CCNCC5)cn4)=NC3N21. The third kappa shape index (κ3) is 3.43. The van der Waals surface area contributed by atoms with Gasteiger partial charge in [-0.15, -0.1) is 0 Å². The van der Waals surface area contributed by atoms with Gasteiger partial charge in [0.15, 0.2) is 0 Å². The summed E-state index contributed by atoms with van der Waals surface area (Å²) in [6.07, 6.45) is 5.62. The van der Waals surface area contributed by atoms with Crippen LogP contribution in [0.25, 0.3) is 0 Å². The van der Waals surface area contributed by atoms with Gasteiger partial charge in [0.1, 0.15) is 17.7 Å². The van der Waals surface area contributed by atoms with Crippen LogP contribution in [0.5, 0.6) is 0 Å². The van der Waals surface area contributed by atoms with Gasteiger partial charge in [0.25, 0.3) is 5.91 Å². The Bertz CT molecular complexity index is 900. The summed E-state index contributed by atoms with van der Waals surface area (Å²) in [7, 11) is 0. The Kier molecular flexibility index (Phi) is 4.90. The van der Waals surface area contributed by atoms with Crippen LogP contribution >= 0.6 is 0 Å². The highest BCUT2D eigenvalue weighted by atomic mass is 16.2. The average molecular weight is 409 g/mol. The number of pyridine rings is 1. The van der Waals surface area contributed by atoms with Gasteiger partial charge in [0.2, 0.25) is 5.96 Å². The van der Waals surface area contributed by atoms with Crippen LogP contribution in [0.2, 0.25) is 0 Å². The molecule has 9 heteroatoms. The number of anilines is 2. The number of hydrogen-bond acceptors (Lipinski definition) is 8. The van der Waals surface area contributed by atoms with Crippen molar-refractivity contribution in [3.05, 3.63) is 30.1 Å². The van der Waals surface area contributed by atoms with Crippen molar-refractivity contribution >= 4 is 29.6 Å². The highest BCUT2D eigenvalue weighted by molar-refractivity contribution is 6.01. The Morgan fingerprint density at radius 1 is 1.23 bits per heavy atom. The number of aliphatic imine (C=N–C) groups is 2. The fourth-order valence-corrected chi connectivity index (χ4v) is 4.53. The first-order chi connectivity index (χ1) is 14.6. The fourth-order valence-electron chi connectivity index (χ4n) is 4.53. The predicted molar refractivity (Wildman–Crippen MR) is 118 cm³/mol. The third-order valence-corrected chi connectivity index (χ3v) is 6.18. The van der Waals surface area contributed by atoms with Crippen molar-refractivity contribution in [3.63, 3.8) is 0 Å². The summed E-state index contributed by atoms with van der Waals surface area (Å²) in [5.41, 5.74) is 1.84. The lowest BCUT2D eigenvalue weighted by atomic mass is 9.99. The molecule has 9 nitrogen and oxygen atoms in total. The molecule has 2 saturated heterocycles. The number of nitrogens with zero attached hydrogens (tertiary/aromatic N) is 5. The van der Waals surface area contributed by atoms with Crippen molar-refractivity contribution in [1.29, 1.82) is 0 Å². The summed E-state index contributed by atoms with van der Waals surface area (Å²) in [6, 6.07) is 4.26. The van der Waals surface area contributed by atoms with Crippen LogP contribution in [0, 0.1) is 11.8 Å². The first-order valence-corrected chi connectivity index (χ1v) is 10.7. The van der Waals surface area contributed by atoms with Crippen LogP contribution in [-0.4, -0.2) is 72.9 Å². The van der Waals surface area contributed by atoms with Gasteiger partial charge in [-0.25, -0.2) is 15.0 Å². The first kappa shape index (κ1) is 19.0. The number of piperazine rings is 2. The Morgan fingerprint density at radius 3 is 2.80 bits per heavy atom. The lowest BCUT2D eigenvalue weighted by molar-refractivity contribution is -0.122. The Labute approximate surface area is 176 Å². The van der Waals surface area contributed by atoms with Crippen molar-refractivity contribution in [1.82, 2.24) is 20.5 Å². The monoisotopic (exact) mass is 408 g/mol. The van der Waals surface area contributed by atoms with E-state index < -0.39 is 0 Å². The number of aromatic nitrogens is 1. The minimum atomic E-state index is -0.140. The van der Waals surface area contributed by atoms with E-state index in [2.05, 4.69) is 55.6 Å². The summed E-state index contributed by atoms with van der Waals surface area (Å²) in [5.74, 6) is 1.63. The maximum Gasteiger partial charge on any atom is 0.267 e. The van der Waals surface area contributed by atoms with E-state index >= 15 is 0 Å². The van der Waals surface area contributed by atoms with Crippen LogP contribution < -0.4 is 20.9 Å². The van der Waals surface area contributed by atoms with E-state index in [4.69, 9.17) is 4.99 Å². The molecule has 0 saturated carbocycles. The maximum absolute atomic E-state index is 12.4. The van der Waals surface area contributed by atoms with Crippen LogP contribution in [0.1, 0.15) is 13.8 Å². The molecule has 158 valence electrons. The second kappa shape index (κ2) is 7.71. The molecule has 5 rings (SSSR count). The minimum Gasteiger partial charge on any atom is -0.368 e. The van der Waals surface area contributed by atoms with Gasteiger partial charge in [-0.2, -0.15) is 0 Å². The summed E-state index contributed by atoms with van der Waals surface area (Å²) in [4.78, 5) is 30.8. The van der Waals surface area contributed by atoms with Crippen LogP contribution in [-0.2, 0) is 4.79 Å². The molecule has 0 aromatic carbocycles. The second-order valence-electron chi connectivity index (χ2n) is 8.47. The van der Waals surface area contributed by atoms with Crippen LogP contribution in [0.4, 0.5) is 11.5 Å². The van der Waals surface area contributed by atoms with Gasteiger partial charge < -0.3 is 25.8 Å². The van der Waals surface area contributed by atoms with Crippen molar-refractivity contribution in [2.24, 2.45) is 21.8 Å². The number of rotatable bonds is 3. The van der Waals surface area contributed by atoms with E-state index in [0.29, 0.717) is 29.9 Å². The largest absolute Gasteiger partial charge is 0.368 e. The van der Waals surface area contributed by atoms with Gasteiger partial charge >= 0.3 is 0 Å².